The highest BCUT2D eigenvalue weighted by molar-refractivity contribution is 9.10. The van der Waals surface area contributed by atoms with Gasteiger partial charge in [0.15, 0.2) is 0 Å². The van der Waals surface area contributed by atoms with E-state index in [1.807, 2.05) is 56.3 Å². The molecule has 0 spiro atoms. The van der Waals surface area contributed by atoms with Crippen LogP contribution in [-0.4, -0.2) is 18.8 Å². The van der Waals surface area contributed by atoms with Crippen molar-refractivity contribution in [3.05, 3.63) is 92.7 Å². The van der Waals surface area contributed by atoms with E-state index in [0.29, 0.717) is 21.6 Å². The summed E-state index contributed by atoms with van der Waals surface area (Å²) in [5.41, 5.74) is 2.70. The summed E-state index contributed by atoms with van der Waals surface area (Å²) in [6, 6.07) is 18.6. The van der Waals surface area contributed by atoms with Crippen molar-refractivity contribution in [1.29, 1.82) is 0 Å². The summed E-state index contributed by atoms with van der Waals surface area (Å²) in [6.45, 7) is 4.65. The number of ether oxygens (including phenoxy) is 3. The quantitative estimate of drug-likeness (QED) is 0.345. The largest absolute Gasteiger partial charge is 0.485 e. The third kappa shape index (κ3) is 5.52. The number of hydrogen-bond acceptors (Lipinski definition) is 4. The van der Waals surface area contributed by atoms with Crippen molar-refractivity contribution in [2.75, 3.05) is 12.4 Å². The van der Waals surface area contributed by atoms with E-state index in [2.05, 4.69) is 21.2 Å². The van der Waals surface area contributed by atoms with Gasteiger partial charge < -0.3 is 19.5 Å². The average molecular weight is 535 g/mol. The zero-order valence-electron chi connectivity index (χ0n) is 18.7. The van der Waals surface area contributed by atoms with Gasteiger partial charge in [0.25, 0.3) is 0 Å². The third-order valence-electron chi connectivity index (χ3n) is 5.72. The van der Waals surface area contributed by atoms with Crippen LogP contribution in [0.5, 0.6) is 5.75 Å². The van der Waals surface area contributed by atoms with Gasteiger partial charge in [0.1, 0.15) is 29.4 Å². The molecule has 1 aliphatic rings. The Morgan fingerprint density at radius 1 is 1.12 bits per heavy atom. The second kappa shape index (κ2) is 10.0. The van der Waals surface area contributed by atoms with E-state index < -0.39 is 11.7 Å². The molecule has 1 heterocycles. The van der Waals surface area contributed by atoms with Crippen molar-refractivity contribution in [3.63, 3.8) is 0 Å². The number of fused-ring (bicyclic) bond motifs is 1. The van der Waals surface area contributed by atoms with Crippen LogP contribution in [0.2, 0.25) is 5.02 Å². The molecule has 1 N–H and O–H groups in total. The highest BCUT2D eigenvalue weighted by Gasteiger charge is 2.45. The van der Waals surface area contributed by atoms with Crippen LogP contribution in [0.4, 0.5) is 10.1 Å². The maximum absolute atomic E-state index is 14.3. The predicted molar refractivity (Wildman–Crippen MR) is 132 cm³/mol. The SMILES string of the molecule is COC1c2cc(NCc3cccc(Cl)c3)ccc2OC(C)(C)C1OCc1ccc(Br)cc1F. The van der Waals surface area contributed by atoms with E-state index in [9.17, 15) is 4.39 Å². The second-order valence-electron chi connectivity index (χ2n) is 8.57. The molecule has 0 saturated heterocycles. The Morgan fingerprint density at radius 3 is 2.67 bits per heavy atom. The molecule has 0 amide bonds. The standard InChI is InChI=1S/C26H26BrClFNO3/c1-26(2)25(32-15-17-7-8-18(27)12-22(17)29)24(31-3)21-13-20(9-10-23(21)33-26)30-14-16-5-4-6-19(28)11-16/h4-13,24-25,30H,14-15H2,1-3H3. The fraction of sp³-hybridized carbons (Fsp3) is 0.308. The molecule has 0 saturated carbocycles. The summed E-state index contributed by atoms with van der Waals surface area (Å²) in [5, 5.41) is 4.13. The molecule has 2 atom stereocenters. The lowest BCUT2D eigenvalue weighted by Gasteiger charge is -2.44. The summed E-state index contributed by atoms with van der Waals surface area (Å²) < 4.78 is 33.4. The van der Waals surface area contributed by atoms with Crippen LogP contribution in [0.25, 0.3) is 0 Å². The molecule has 2 unspecified atom stereocenters. The van der Waals surface area contributed by atoms with Crippen LogP contribution in [-0.2, 0) is 22.6 Å². The zero-order valence-corrected chi connectivity index (χ0v) is 21.0. The first kappa shape index (κ1) is 24.0. The summed E-state index contributed by atoms with van der Waals surface area (Å²) in [7, 11) is 1.65. The molecule has 0 fully saturated rings. The molecule has 174 valence electrons. The monoisotopic (exact) mass is 533 g/mol. The molecule has 0 radical (unpaired) electrons. The summed E-state index contributed by atoms with van der Waals surface area (Å²) >= 11 is 9.38. The third-order valence-corrected chi connectivity index (χ3v) is 6.45. The van der Waals surface area contributed by atoms with Crippen molar-refractivity contribution in [3.8, 4) is 5.75 Å². The van der Waals surface area contributed by atoms with Gasteiger partial charge in [-0.3, -0.25) is 0 Å². The van der Waals surface area contributed by atoms with Crippen LogP contribution in [0.15, 0.2) is 65.1 Å². The highest BCUT2D eigenvalue weighted by Crippen LogP contribution is 2.44. The highest BCUT2D eigenvalue weighted by atomic mass is 79.9. The van der Waals surface area contributed by atoms with E-state index in [1.54, 1.807) is 19.2 Å². The van der Waals surface area contributed by atoms with Crippen LogP contribution >= 0.6 is 27.5 Å². The molecule has 4 nitrogen and oxygen atoms in total. The summed E-state index contributed by atoms with van der Waals surface area (Å²) in [5.74, 6) is 0.426. The molecule has 3 aromatic rings. The van der Waals surface area contributed by atoms with Crippen LogP contribution in [0.1, 0.15) is 36.6 Å². The Kier molecular flexibility index (Phi) is 7.29. The minimum Gasteiger partial charge on any atom is -0.485 e. The minimum absolute atomic E-state index is 0.110. The van der Waals surface area contributed by atoms with E-state index in [1.165, 1.54) is 6.07 Å². The normalized spacial score (nSPS) is 19.0. The minimum atomic E-state index is -0.671. The lowest BCUT2D eigenvalue weighted by Crippen LogP contribution is -2.50. The second-order valence-corrected chi connectivity index (χ2v) is 9.92. The molecular weight excluding hydrogens is 509 g/mol. The molecule has 0 aliphatic carbocycles. The first-order chi connectivity index (χ1) is 15.8. The fourth-order valence-corrected chi connectivity index (χ4v) is 4.60. The van der Waals surface area contributed by atoms with Crippen molar-refractivity contribution >= 4 is 33.2 Å². The van der Waals surface area contributed by atoms with E-state index >= 15 is 0 Å². The Bertz CT molecular complexity index is 1140. The number of hydrogen-bond donors (Lipinski definition) is 1. The first-order valence-corrected chi connectivity index (χ1v) is 11.8. The van der Waals surface area contributed by atoms with Gasteiger partial charge in [-0.25, -0.2) is 4.39 Å². The van der Waals surface area contributed by atoms with Gasteiger partial charge in [0.05, 0.1) is 6.61 Å². The van der Waals surface area contributed by atoms with Gasteiger partial charge in [-0.2, -0.15) is 0 Å². The smallest absolute Gasteiger partial charge is 0.132 e. The van der Waals surface area contributed by atoms with Gasteiger partial charge >= 0.3 is 0 Å². The lowest BCUT2D eigenvalue weighted by atomic mass is 9.88. The van der Waals surface area contributed by atoms with Gasteiger partial charge in [0.2, 0.25) is 0 Å². The lowest BCUT2D eigenvalue weighted by molar-refractivity contribution is -0.159. The fourth-order valence-electron chi connectivity index (χ4n) is 4.05. The van der Waals surface area contributed by atoms with Crippen molar-refractivity contribution in [2.45, 2.75) is 44.8 Å². The van der Waals surface area contributed by atoms with E-state index in [4.69, 9.17) is 25.8 Å². The number of nitrogens with one attached hydrogen (secondary N) is 1. The van der Waals surface area contributed by atoms with Gasteiger partial charge in [0, 0.05) is 40.0 Å². The Hall–Kier alpha value is -2.12. The van der Waals surface area contributed by atoms with Crippen molar-refractivity contribution in [2.24, 2.45) is 0 Å². The average Bonchev–Trinajstić information content (AvgIpc) is 2.76. The number of methoxy groups -OCH3 is 1. The topological polar surface area (TPSA) is 39.7 Å². The van der Waals surface area contributed by atoms with Gasteiger partial charge in [-0.1, -0.05) is 45.7 Å². The number of benzene rings is 3. The molecule has 3 aromatic carbocycles. The molecule has 4 rings (SSSR count). The van der Waals surface area contributed by atoms with Crippen molar-refractivity contribution in [1.82, 2.24) is 0 Å². The van der Waals surface area contributed by atoms with Gasteiger partial charge in [-0.05, 0) is 61.9 Å². The van der Waals surface area contributed by atoms with Gasteiger partial charge in [-0.15, -0.1) is 0 Å². The number of anilines is 1. The van der Waals surface area contributed by atoms with Crippen LogP contribution in [0, 0.1) is 5.82 Å². The Labute approximate surface area is 207 Å². The molecule has 33 heavy (non-hydrogen) atoms. The summed E-state index contributed by atoms with van der Waals surface area (Å²) in [4.78, 5) is 0. The zero-order chi connectivity index (χ0) is 23.6. The van der Waals surface area contributed by atoms with Crippen LogP contribution < -0.4 is 10.1 Å². The van der Waals surface area contributed by atoms with Crippen LogP contribution in [0.3, 0.4) is 0 Å². The summed E-state index contributed by atoms with van der Waals surface area (Å²) in [6.07, 6.45) is -0.823. The molecule has 0 aromatic heterocycles. The van der Waals surface area contributed by atoms with E-state index in [-0.39, 0.29) is 18.5 Å². The molecule has 0 bridgehead atoms. The number of rotatable bonds is 7. The van der Waals surface area contributed by atoms with Crippen molar-refractivity contribution < 1.29 is 18.6 Å². The Morgan fingerprint density at radius 2 is 1.94 bits per heavy atom. The maximum atomic E-state index is 14.3. The molecule has 1 aliphatic heterocycles. The predicted octanol–water partition coefficient (Wildman–Crippen LogP) is 7.30. The van der Waals surface area contributed by atoms with E-state index in [0.717, 1.165) is 22.6 Å². The number of halogens is 3. The first-order valence-electron chi connectivity index (χ1n) is 10.7. The molecule has 7 heteroatoms. The molecular formula is C26H26BrClFNO3. The maximum Gasteiger partial charge on any atom is 0.132 e. The Balaban J connectivity index is 1.54.